The van der Waals surface area contributed by atoms with Crippen molar-refractivity contribution in [1.82, 2.24) is 0 Å². The Hall–Kier alpha value is -2.56. The summed E-state index contributed by atoms with van der Waals surface area (Å²) in [5.74, 6) is 0.0433. The standard InChI is InChI=1S/C16H17FN2O2/c1-11-4-2-3-5-15(11)21-9-8-16(20)19-12-6-7-13(17)14(18)10-12/h2-7,10H,8-9,18H2,1H3,(H,19,20). The topological polar surface area (TPSA) is 64.3 Å². The summed E-state index contributed by atoms with van der Waals surface area (Å²) in [6.07, 6.45) is 0.200. The van der Waals surface area contributed by atoms with Gasteiger partial charge < -0.3 is 15.8 Å². The molecule has 0 heterocycles. The van der Waals surface area contributed by atoms with E-state index in [1.165, 1.54) is 18.2 Å². The number of aryl methyl sites for hydroxylation is 1. The lowest BCUT2D eigenvalue weighted by Crippen LogP contribution is -2.15. The van der Waals surface area contributed by atoms with Crippen molar-refractivity contribution >= 4 is 17.3 Å². The number of para-hydroxylation sites is 1. The minimum absolute atomic E-state index is 0.00367. The number of nitrogens with one attached hydrogen (secondary N) is 1. The van der Waals surface area contributed by atoms with Crippen LogP contribution in [-0.2, 0) is 4.79 Å². The number of carbonyl (C=O) groups is 1. The van der Waals surface area contributed by atoms with Gasteiger partial charge in [0, 0.05) is 5.69 Å². The van der Waals surface area contributed by atoms with Crippen molar-refractivity contribution in [3.63, 3.8) is 0 Å². The molecule has 110 valence electrons. The summed E-state index contributed by atoms with van der Waals surface area (Å²) in [5.41, 5.74) is 6.93. The van der Waals surface area contributed by atoms with Gasteiger partial charge in [-0.2, -0.15) is 0 Å². The van der Waals surface area contributed by atoms with Gasteiger partial charge in [-0.1, -0.05) is 18.2 Å². The molecule has 2 rings (SSSR count). The third-order valence-electron chi connectivity index (χ3n) is 2.96. The zero-order valence-electron chi connectivity index (χ0n) is 11.7. The number of ether oxygens (including phenoxy) is 1. The number of anilines is 2. The molecule has 3 N–H and O–H groups in total. The minimum Gasteiger partial charge on any atom is -0.493 e. The molecule has 0 saturated heterocycles. The number of amides is 1. The fourth-order valence-corrected chi connectivity index (χ4v) is 1.82. The summed E-state index contributed by atoms with van der Waals surface area (Å²) < 4.78 is 18.5. The van der Waals surface area contributed by atoms with Crippen LogP contribution >= 0.6 is 0 Å². The van der Waals surface area contributed by atoms with Gasteiger partial charge in [-0.25, -0.2) is 4.39 Å². The Morgan fingerprint density at radius 2 is 2.05 bits per heavy atom. The van der Waals surface area contributed by atoms with E-state index in [2.05, 4.69) is 5.32 Å². The smallest absolute Gasteiger partial charge is 0.227 e. The highest BCUT2D eigenvalue weighted by Crippen LogP contribution is 2.17. The molecule has 0 aliphatic heterocycles. The van der Waals surface area contributed by atoms with Crippen molar-refractivity contribution in [3.8, 4) is 5.75 Å². The molecule has 0 aliphatic rings. The van der Waals surface area contributed by atoms with Crippen LogP contribution in [0.5, 0.6) is 5.75 Å². The Morgan fingerprint density at radius 1 is 1.29 bits per heavy atom. The number of nitrogens with two attached hydrogens (primary N) is 1. The first-order valence-corrected chi connectivity index (χ1v) is 6.59. The number of rotatable bonds is 5. The van der Waals surface area contributed by atoms with Gasteiger partial charge in [0.15, 0.2) is 0 Å². The van der Waals surface area contributed by atoms with E-state index < -0.39 is 5.82 Å². The summed E-state index contributed by atoms with van der Waals surface area (Å²) in [6.45, 7) is 2.21. The van der Waals surface area contributed by atoms with Gasteiger partial charge in [0.2, 0.25) is 5.91 Å². The van der Waals surface area contributed by atoms with Crippen molar-refractivity contribution in [2.75, 3.05) is 17.7 Å². The number of hydrogen-bond donors (Lipinski definition) is 2. The van der Waals surface area contributed by atoms with Gasteiger partial charge in [-0.05, 0) is 36.8 Å². The van der Waals surface area contributed by atoms with Crippen molar-refractivity contribution in [3.05, 3.63) is 53.8 Å². The third-order valence-corrected chi connectivity index (χ3v) is 2.96. The molecule has 1 amide bonds. The van der Waals surface area contributed by atoms with Crippen LogP contribution in [0.4, 0.5) is 15.8 Å². The van der Waals surface area contributed by atoms with Crippen LogP contribution in [0.15, 0.2) is 42.5 Å². The number of carbonyl (C=O) groups excluding carboxylic acids is 1. The Bertz CT molecular complexity index is 644. The molecule has 0 spiro atoms. The highest BCUT2D eigenvalue weighted by Gasteiger charge is 2.06. The van der Waals surface area contributed by atoms with Gasteiger partial charge in [-0.3, -0.25) is 4.79 Å². The second kappa shape index (κ2) is 6.74. The molecule has 0 fully saturated rings. The van der Waals surface area contributed by atoms with Gasteiger partial charge >= 0.3 is 0 Å². The normalized spacial score (nSPS) is 10.2. The van der Waals surface area contributed by atoms with Gasteiger partial charge in [0.1, 0.15) is 11.6 Å². The summed E-state index contributed by atoms with van der Waals surface area (Å²) in [7, 11) is 0. The van der Waals surface area contributed by atoms with Crippen LogP contribution in [0.25, 0.3) is 0 Å². The van der Waals surface area contributed by atoms with E-state index >= 15 is 0 Å². The molecule has 2 aromatic rings. The zero-order valence-corrected chi connectivity index (χ0v) is 11.7. The Morgan fingerprint density at radius 3 is 2.76 bits per heavy atom. The maximum atomic E-state index is 13.0. The molecular formula is C16H17FN2O2. The van der Waals surface area contributed by atoms with E-state index in [0.29, 0.717) is 5.69 Å². The second-order valence-corrected chi connectivity index (χ2v) is 4.65. The lowest BCUT2D eigenvalue weighted by Gasteiger charge is -2.09. The highest BCUT2D eigenvalue weighted by molar-refractivity contribution is 5.91. The predicted molar refractivity (Wildman–Crippen MR) is 80.7 cm³/mol. The molecule has 0 aromatic heterocycles. The average Bonchev–Trinajstić information content (AvgIpc) is 2.45. The van der Waals surface area contributed by atoms with Crippen molar-refractivity contribution in [1.29, 1.82) is 0 Å². The van der Waals surface area contributed by atoms with Gasteiger partial charge in [0.05, 0.1) is 18.7 Å². The maximum Gasteiger partial charge on any atom is 0.227 e. The average molecular weight is 288 g/mol. The fourth-order valence-electron chi connectivity index (χ4n) is 1.82. The Labute approximate surface area is 122 Å². The van der Waals surface area contributed by atoms with E-state index in [1.54, 1.807) is 0 Å². The lowest BCUT2D eigenvalue weighted by molar-refractivity contribution is -0.116. The van der Waals surface area contributed by atoms with Crippen LogP contribution in [0, 0.1) is 12.7 Å². The third kappa shape index (κ3) is 4.21. The van der Waals surface area contributed by atoms with Crippen LogP contribution < -0.4 is 15.8 Å². The predicted octanol–water partition coefficient (Wildman–Crippen LogP) is 3.12. The monoisotopic (exact) mass is 288 g/mol. The van der Waals surface area contributed by atoms with Crippen LogP contribution in [0.3, 0.4) is 0 Å². The van der Waals surface area contributed by atoms with Crippen molar-refractivity contribution in [2.24, 2.45) is 0 Å². The summed E-state index contributed by atoms with van der Waals surface area (Å²) in [5, 5.41) is 2.65. The van der Waals surface area contributed by atoms with Gasteiger partial charge in [-0.15, -0.1) is 0 Å². The van der Waals surface area contributed by atoms with Crippen LogP contribution in [0.2, 0.25) is 0 Å². The molecular weight excluding hydrogens is 271 g/mol. The summed E-state index contributed by atoms with van der Waals surface area (Å²) in [4.78, 5) is 11.8. The van der Waals surface area contributed by atoms with E-state index in [1.807, 2.05) is 31.2 Å². The summed E-state index contributed by atoms with van der Waals surface area (Å²) in [6, 6.07) is 11.7. The minimum atomic E-state index is -0.504. The number of benzene rings is 2. The lowest BCUT2D eigenvalue weighted by atomic mass is 10.2. The maximum absolute atomic E-state index is 13.0. The molecule has 0 saturated carbocycles. The van der Waals surface area contributed by atoms with E-state index in [0.717, 1.165) is 11.3 Å². The first-order valence-electron chi connectivity index (χ1n) is 6.59. The SMILES string of the molecule is Cc1ccccc1OCCC(=O)Nc1ccc(F)c(N)c1. The van der Waals surface area contributed by atoms with Crippen molar-refractivity contribution < 1.29 is 13.9 Å². The molecule has 0 atom stereocenters. The largest absolute Gasteiger partial charge is 0.493 e. The molecule has 0 bridgehead atoms. The van der Waals surface area contributed by atoms with E-state index in [-0.39, 0.29) is 24.6 Å². The molecule has 21 heavy (non-hydrogen) atoms. The first-order chi connectivity index (χ1) is 10.1. The highest BCUT2D eigenvalue weighted by atomic mass is 19.1. The zero-order chi connectivity index (χ0) is 15.2. The molecule has 4 nitrogen and oxygen atoms in total. The molecule has 0 aliphatic carbocycles. The molecule has 2 aromatic carbocycles. The van der Waals surface area contributed by atoms with Gasteiger partial charge in [0.25, 0.3) is 0 Å². The summed E-state index contributed by atoms with van der Waals surface area (Å²) >= 11 is 0. The first kappa shape index (κ1) is 14.8. The van der Waals surface area contributed by atoms with Crippen LogP contribution in [-0.4, -0.2) is 12.5 Å². The van der Waals surface area contributed by atoms with E-state index in [9.17, 15) is 9.18 Å². The Balaban J connectivity index is 1.82. The number of halogens is 1. The molecule has 0 unspecified atom stereocenters. The number of hydrogen-bond acceptors (Lipinski definition) is 3. The fraction of sp³-hybridized carbons (Fsp3) is 0.188. The molecule has 5 heteroatoms. The van der Waals surface area contributed by atoms with Crippen molar-refractivity contribution in [2.45, 2.75) is 13.3 Å². The number of nitrogen functional groups attached to an aromatic ring is 1. The molecule has 0 radical (unpaired) electrons. The second-order valence-electron chi connectivity index (χ2n) is 4.65. The Kier molecular flexibility index (Phi) is 4.77. The van der Waals surface area contributed by atoms with Crippen LogP contribution in [0.1, 0.15) is 12.0 Å². The quantitative estimate of drug-likeness (QED) is 0.831. The van der Waals surface area contributed by atoms with E-state index in [4.69, 9.17) is 10.5 Å².